The van der Waals surface area contributed by atoms with Crippen LogP contribution in [0.15, 0.2) is 72.9 Å². The van der Waals surface area contributed by atoms with E-state index in [0.717, 1.165) is 38.2 Å². The molecule has 0 bridgehead atoms. The molecule has 1 saturated heterocycles. The van der Waals surface area contributed by atoms with Crippen molar-refractivity contribution in [2.45, 2.75) is 19.1 Å². The minimum atomic E-state index is -4.45. The number of rotatable bonds is 5. The molecule has 0 aliphatic carbocycles. The van der Waals surface area contributed by atoms with E-state index in [1.54, 1.807) is 29.2 Å². The fourth-order valence-corrected chi connectivity index (χ4v) is 3.62. The molecule has 2 aromatic carbocycles. The van der Waals surface area contributed by atoms with Crippen LogP contribution in [0.5, 0.6) is 17.4 Å². The lowest BCUT2D eigenvalue weighted by Gasteiger charge is -2.21. The summed E-state index contributed by atoms with van der Waals surface area (Å²) in [6.45, 7) is 3.70. The Morgan fingerprint density at radius 3 is 2.29 bits per heavy atom. The van der Waals surface area contributed by atoms with Crippen LogP contribution in [0.4, 0.5) is 18.0 Å². The summed E-state index contributed by atoms with van der Waals surface area (Å²) in [6.07, 6.45) is -3.30. The number of halogens is 3. The molecule has 1 aliphatic rings. The Bertz CT molecular complexity index is 1070. The number of amides is 1. The standard InChI is InChI=1S/C25H24F3N3O3/c26-25(27,28)20-7-12-23(29-17-20)33-21-8-10-22(11-9-21)34-24(32)31-14-4-13-30(15-16-31)18-19-5-2-1-3-6-19/h1-3,5-12,17H,4,13-16,18H2. The molecule has 0 radical (unpaired) electrons. The van der Waals surface area contributed by atoms with Gasteiger partial charge in [0, 0.05) is 45.0 Å². The third-order valence-corrected chi connectivity index (χ3v) is 5.41. The maximum Gasteiger partial charge on any atom is 0.417 e. The number of benzene rings is 2. The number of hydrogen-bond donors (Lipinski definition) is 0. The van der Waals surface area contributed by atoms with Crippen LogP contribution in [0, 0.1) is 0 Å². The highest BCUT2D eigenvalue weighted by molar-refractivity contribution is 5.70. The van der Waals surface area contributed by atoms with Gasteiger partial charge in [0.15, 0.2) is 0 Å². The number of nitrogens with zero attached hydrogens (tertiary/aromatic N) is 3. The highest BCUT2D eigenvalue weighted by Crippen LogP contribution is 2.30. The predicted octanol–water partition coefficient (Wildman–Crippen LogP) is 5.60. The van der Waals surface area contributed by atoms with Gasteiger partial charge in [-0.3, -0.25) is 4.90 Å². The maximum atomic E-state index is 12.6. The quantitative estimate of drug-likeness (QED) is 0.485. The normalized spacial score (nSPS) is 15.0. The number of carbonyl (C=O) groups is 1. The van der Waals surface area contributed by atoms with Crippen molar-refractivity contribution in [1.82, 2.24) is 14.8 Å². The van der Waals surface area contributed by atoms with E-state index >= 15 is 0 Å². The number of alkyl halides is 3. The number of aromatic nitrogens is 1. The van der Waals surface area contributed by atoms with Crippen LogP contribution < -0.4 is 9.47 Å². The third-order valence-electron chi connectivity index (χ3n) is 5.41. The second-order valence-electron chi connectivity index (χ2n) is 7.93. The molecule has 1 fully saturated rings. The summed E-state index contributed by atoms with van der Waals surface area (Å²) in [7, 11) is 0. The molecule has 0 atom stereocenters. The maximum absolute atomic E-state index is 12.6. The van der Waals surface area contributed by atoms with E-state index in [0.29, 0.717) is 30.8 Å². The number of pyridine rings is 1. The van der Waals surface area contributed by atoms with Crippen molar-refractivity contribution in [3.8, 4) is 17.4 Å². The first-order valence-electron chi connectivity index (χ1n) is 10.9. The molecule has 6 nitrogen and oxygen atoms in total. The van der Waals surface area contributed by atoms with Gasteiger partial charge in [0.1, 0.15) is 11.5 Å². The van der Waals surface area contributed by atoms with Crippen LogP contribution >= 0.6 is 0 Å². The first kappa shape index (κ1) is 23.6. The average Bonchev–Trinajstić information content (AvgIpc) is 3.06. The molecule has 0 spiro atoms. The fraction of sp³-hybridized carbons (Fsp3) is 0.280. The van der Waals surface area contributed by atoms with Crippen molar-refractivity contribution in [3.05, 3.63) is 84.1 Å². The van der Waals surface area contributed by atoms with E-state index in [9.17, 15) is 18.0 Å². The van der Waals surface area contributed by atoms with E-state index in [1.165, 1.54) is 5.56 Å². The highest BCUT2D eigenvalue weighted by atomic mass is 19.4. The third kappa shape index (κ3) is 6.48. The van der Waals surface area contributed by atoms with Crippen molar-refractivity contribution >= 4 is 6.09 Å². The molecular weight excluding hydrogens is 447 g/mol. The number of hydrogen-bond acceptors (Lipinski definition) is 5. The van der Waals surface area contributed by atoms with E-state index in [-0.39, 0.29) is 5.88 Å². The SMILES string of the molecule is O=C(Oc1ccc(Oc2ccc(C(F)(F)F)cn2)cc1)N1CCCN(Cc2ccccc2)CC1. The minimum absolute atomic E-state index is 0.0300. The molecular formula is C25H24F3N3O3. The zero-order valence-electron chi connectivity index (χ0n) is 18.4. The Labute approximate surface area is 195 Å². The van der Waals surface area contributed by atoms with Gasteiger partial charge in [-0.15, -0.1) is 0 Å². The smallest absolute Gasteiger partial charge is 0.417 e. The average molecular weight is 471 g/mol. The summed E-state index contributed by atoms with van der Waals surface area (Å²) in [4.78, 5) is 20.3. The van der Waals surface area contributed by atoms with Gasteiger partial charge >= 0.3 is 12.3 Å². The summed E-state index contributed by atoms with van der Waals surface area (Å²) in [5.74, 6) is 0.740. The lowest BCUT2D eigenvalue weighted by Crippen LogP contribution is -2.36. The largest absolute Gasteiger partial charge is 0.439 e. The van der Waals surface area contributed by atoms with Crippen LogP contribution in [-0.2, 0) is 12.7 Å². The molecule has 178 valence electrons. The van der Waals surface area contributed by atoms with Crippen molar-refractivity contribution < 1.29 is 27.4 Å². The van der Waals surface area contributed by atoms with E-state index in [4.69, 9.17) is 9.47 Å². The topological polar surface area (TPSA) is 54.9 Å². The Morgan fingerprint density at radius 2 is 1.62 bits per heavy atom. The van der Waals surface area contributed by atoms with Crippen molar-refractivity contribution in [3.63, 3.8) is 0 Å². The molecule has 4 rings (SSSR count). The lowest BCUT2D eigenvalue weighted by molar-refractivity contribution is -0.137. The highest BCUT2D eigenvalue weighted by Gasteiger charge is 2.30. The summed E-state index contributed by atoms with van der Waals surface area (Å²) in [5.41, 5.74) is 0.395. The lowest BCUT2D eigenvalue weighted by atomic mass is 10.2. The van der Waals surface area contributed by atoms with Crippen LogP contribution in [-0.4, -0.2) is 47.1 Å². The zero-order valence-corrected chi connectivity index (χ0v) is 18.4. The monoisotopic (exact) mass is 471 g/mol. The second kappa shape index (κ2) is 10.6. The summed E-state index contributed by atoms with van der Waals surface area (Å²) in [6, 6.07) is 18.5. The molecule has 1 amide bonds. The minimum Gasteiger partial charge on any atom is -0.439 e. The Hall–Kier alpha value is -3.59. The predicted molar refractivity (Wildman–Crippen MR) is 120 cm³/mol. The van der Waals surface area contributed by atoms with Gasteiger partial charge in [-0.1, -0.05) is 30.3 Å². The number of ether oxygens (including phenoxy) is 2. The molecule has 2 heterocycles. The van der Waals surface area contributed by atoms with Crippen molar-refractivity contribution in [2.75, 3.05) is 26.2 Å². The van der Waals surface area contributed by atoms with Crippen LogP contribution in [0.25, 0.3) is 0 Å². The van der Waals surface area contributed by atoms with Gasteiger partial charge in [0.05, 0.1) is 5.56 Å². The van der Waals surface area contributed by atoms with Crippen molar-refractivity contribution in [1.29, 1.82) is 0 Å². The van der Waals surface area contributed by atoms with E-state index in [2.05, 4.69) is 22.0 Å². The Balaban J connectivity index is 1.28. The molecule has 0 N–H and O–H groups in total. The van der Waals surface area contributed by atoms with Crippen LogP contribution in [0.3, 0.4) is 0 Å². The molecule has 9 heteroatoms. The zero-order chi connectivity index (χ0) is 24.0. The van der Waals surface area contributed by atoms with Gasteiger partial charge < -0.3 is 14.4 Å². The summed E-state index contributed by atoms with van der Waals surface area (Å²) >= 11 is 0. The fourth-order valence-electron chi connectivity index (χ4n) is 3.62. The van der Waals surface area contributed by atoms with Gasteiger partial charge in [-0.25, -0.2) is 9.78 Å². The summed E-state index contributed by atoms with van der Waals surface area (Å²) in [5, 5.41) is 0. The molecule has 34 heavy (non-hydrogen) atoms. The van der Waals surface area contributed by atoms with Crippen molar-refractivity contribution in [2.24, 2.45) is 0 Å². The van der Waals surface area contributed by atoms with Gasteiger partial charge in [-0.2, -0.15) is 13.2 Å². The molecule has 0 saturated carbocycles. The second-order valence-corrected chi connectivity index (χ2v) is 7.93. The van der Waals surface area contributed by atoms with Crippen LogP contribution in [0.2, 0.25) is 0 Å². The van der Waals surface area contributed by atoms with Gasteiger partial charge in [-0.05, 0) is 42.3 Å². The van der Waals surface area contributed by atoms with Crippen LogP contribution in [0.1, 0.15) is 17.5 Å². The number of carbonyl (C=O) groups excluding carboxylic acids is 1. The van der Waals surface area contributed by atoms with E-state index in [1.807, 2.05) is 18.2 Å². The Kier molecular flexibility index (Phi) is 7.32. The Morgan fingerprint density at radius 1 is 0.882 bits per heavy atom. The first-order chi connectivity index (χ1) is 16.4. The van der Waals surface area contributed by atoms with Gasteiger partial charge in [0.2, 0.25) is 5.88 Å². The molecule has 1 aromatic heterocycles. The van der Waals surface area contributed by atoms with Gasteiger partial charge in [0.25, 0.3) is 0 Å². The summed E-state index contributed by atoms with van der Waals surface area (Å²) < 4.78 is 48.9. The first-order valence-corrected chi connectivity index (χ1v) is 10.9. The molecule has 1 aliphatic heterocycles. The van der Waals surface area contributed by atoms with E-state index < -0.39 is 17.8 Å². The molecule has 0 unspecified atom stereocenters. The molecule has 3 aromatic rings.